The van der Waals surface area contributed by atoms with Crippen molar-refractivity contribution in [3.63, 3.8) is 0 Å². The summed E-state index contributed by atoms with van der Waals surface area (Å²) in [5.74, 6) is -3.87. The zero-order chi connectivity index (χ0) is 20.1. The van der Waals surface area contributed by atoms with Gasteiger partial charge in [0, 0.05) is 0 Å². The van der Waals surface area contributed by atoms with E-state index in [0.29, 0.717) is 19.7 Å². The van der Waals surface area contributed by atoms with Gasteiger partial charge in [0.15, 0.2) is 24.0 Å². The van der Waals surface area contributed by atoms with Gasteiger partial charge in [-0.2, -0.15) is 0 Å². The van der Waals surface area contributed by atoms with E-state index in [1.54, 1.807) is 0 Å². The second kappa shape index (κ2) is 8.97. The number of hydrogen-bond acceptors (Lipinski definition) is 3. The summed E-state index contributed by atoms with van der Waals surface area (Å²) in [7, 11) is 0. The van der Waals surface area contributed by atoms with Gasteiger partial charge in [0.1, 0.15) is 5.75 Å². The Morgan fingerprint density at radius 1 is 1.11 bits per heavy atom. The molecule has 1 fully saturated rings. The minimum Gasteiger partial charge on any atom is -0.492 e. The van der Waals surface area contributed by atoms with E-state index in [9.17, 15) is 18.0 Å². The predicted molar refractivity (Wildman–Crippen MR) is 100 cm³/mol. The Bertz CT molecular complexity index is 839. The number of para-hydroxylation sites is 2. The highest BCUT2D eigenvalue weighted by Crippen LogP contribution is 2.27. The van der Waals surface area contributed by atoms with Crippen molar-refractivity contribution in [1.29, 1.82) is 0 Å². The molecular formula is C20H23F3N3O2+. The molecule has 150 valence electrons. The molecule has 0 aromatic heterocycles. The Balaban J connectivity index is 1.55. The average Bonchev–Trinajstić information content (AvgIpc) is 2.70. The molecule has 1 saturated heterocycles. The number of rotatable bonds is 6. The van der Waals surface area contributed by atoms with E-state index in [1.165, 1.54) is 0 Å². The number of carbonyl (C=O) groups excluding carboxylic acids is 1. The fourth-order valence-corrected chi connectivity index (χ4v) is 3.28. The highest BCUT2D eigenvalue weighted by atomic mass is 19.2. The van der Waals surface area contributed by atoms with Crippen LogP contribution in [0, 0.1) is 17.5 Å². The smallest absolute Gasteiger partial charge is 0.279 e. The van der Waals surface area contributed by atoms with Gasteiger partial charge in [-0.15, -0.1) is 0 Å². The fourth-order valence-electron chi connectivity index (χ4n) is 3.28. The summed E-state index contributed by atoms with van der Waals surface area (Å²) in [6.07, 6.45) is 0. The van der Waals surface area contributed by atoms with Crippen LogP contribution in [0.5, 0.6) is 5.75 Å². The normalized spacial score (nSPS) is 14.8. The van der Waals surface area contributed by atoms with Gasteiger partial charge in [-0.1, -0.05) is 12.1 Å². The van der Waals surface area contributed by atoms with Crippen molar-refractivity contribution >= 4 is 17.3 Å². The molecular weight excluding hydrogens is 371 g/mol. The highest BCUT2D eigenvalue weighted by Gasteiger charge is 2.24. The topological polar surface area (TPSA) is 46.0 Å². The number of quaternary nitrogens is 1. The number of benzene rings is 2. The number of hydrogen-bond donors (Lipinski definition) is 2. The highest BCUT2D eigenvalue weighted by molar-refractivity contribution is 5.91. The van der Waals surface area contributed by atoms with Crippen LogP contribution in [-0.4, -0.2) is 45.2 Å². The van der Waals surface area contributed by atoms with Gasteiger partial charge in [0.05, 0.1) is 44.2 Å². The molecule has 5 nitrogen and oxygen atoms in total. The Kier molecular flexibility index (Phi) is 6.41. The van der Waals surface area contributed by atoms with Crippen molar-refractivity contribution in [1.82, 2.24) is 0 Å². The minimum atomic E-state index is -1.59. The second-order valence-corrected chi connectivity index (χ2v) is 6.59. The Morgan fingerprint density at radius 3 is 2.54 bits per heavy atom. The molecule has 2 aromatic carbocycles. The molecule has 3 rings (SSSR count). The zero-order valence-electron chi connectivity index (χ0n) is 15.6. The third-order valence-corrected chi connectivity index (χ3v) is 4.70. The number of nitrogens with zero attached hydrogens (tertiary/aromatic N) is 1. The zero-order valence-corrected chi connectivity index (χ0v) is 15.6. The summed E-state index contributed by atoms with van der Waals surface area (Å²) < 4.78 is 45.6. The first-order valence-electron chi connectivity index (χ1n) is 9.23. The van der Waals surface area contributed by atoms with E-state index in [-0.39, 0.29) is 12.2 Å². The van der Waals surface area contributed by atoms with Crippen LogP contribution in [0.1, 0.15) is 6.92 Å². The number of nitrogens with one attached hydrogen (secondary N) is 2. The van der Waals surface area contributed by atoms with E-state index in [4.69, 9.17) is 4.74 Å². The van der Waals surface area contributed by atoms with Crippen LogP contribution in [0.2, 0.25) is 0 Å². The number of ether oxygens (including phenoxy) is 1. The summed E-state index contributed by atoms with van der Waals surface area (Å²) >= 11 is 0. The fraction of sp³-hybridized carbons (Fsp3) is 0.350. The molecule has 1 aliphatic rings. The van der Waals surface area contributed by atoms with Crippen molar-refractivity contribution < 1.29 is 27.6 Å². The van der Waals surface area contributed by atoms with Crippen LogP contribution >= 0.6 is 0 Å². The summed E-state index contributed by atoms with van der Waals surface area (Å²) in [6, 6.07) is 9.63. The second-order valence-electron chi connectivity index (χ2n) is 6.59. The van der Waals surface area contributed by atoms with E-state index >= 15 is 0 Å². The Morgan fingerprint density at radius 2 is 1.82 bits per heavy atom. The van der Waals surface area contributed by atoms with Crippen LogP contribution in [0.25, 0.3) is 0 Å². The maximum absolute atomic E-state index is 13.7. The molecule has 0 spiro atoms. The summed E-state index contributed by atoms with van der Waals surface area (Å²) in [5, 5.41) is 2.32. The van der Waals surface area contributed by atoms with Crippen LogP contribution in [0.15, 0.2) is 36.4 Å². The van der Waals surface area contributed by atoms with Crippen molar-refractivity contribution in [3.05, 3.63) is 53.8 Å². The number of anilines is 2. The van der Waals surface area contributed by atoms with Crippen LogP contribution in [-0.2, 0) is 4.79 Å². The minimum absolute atomic E-state index is 0.124. The van der Waals surface area contributed by atoms with E-state index in [1.807, 2.05) is 31.2 Å². The lowest BCUT2D eigenvalue weighted by Gasteiger charge is -2.34. The summed E-state index contributed by atoms with van der Waals surface area (Å²) in [5.41, 5.74) is 0.671. The first-order valence-corrected chi connectivity index (χ1v) is 9.23. The summed E-state index contributed by atoms with van der Waals surface area (Å²) in [4.78, 5) is 15.4. The Labute approximate surface area is 161 Å². The molecule has 1 heterocycles. The molecule has 0 unspecified atom stereocenters. The molecule has 0 atom stereocenters. The van der Waals surface area contributed by atoms with Gasteiger partial charge in [-0.05, 0) is 31.2 Å². The maximum Gasteiger partial charge on any atom is 0.279 e. The summed E-state index contributed by atoms with van der Waals surface area (Å²) in [6.45, 7) is 5.57. The van der Waals surface area contributed by atoms with E-state index < -0.39 is 23.4 Å². The largest absolute Gasteiger partial charge is 0.492 e. The van der Waals surface area contributed by atoms with Crippen molar-refractivity contribution in [3.8, 4) is 5.75 Å². The molecule has 2 N–H and O–H groups in total. The van der Waals surface area contributed by atoms with Gasteiger partial charge in [-0.3, -0.25) is 4.79 Å². The molecule has 8 heteroatoms. The lowest BCUT2D eigenvalue weighted by molar-refractivity contribution is -0.892. The Hall–Kier alpha value is -2.74. The number of halogens is 3. The molecule has 1 amide bonds. The molecule has 28 heavy (non-hydrogen) atoms. The lowest BCUT2D eigenvalue weighted by atomic mass is 10.2. The molecule has 0 aliphatic carbocycles. The van der Waals surface area contributed by atoms with Gasteiger partial charge in [0.25, 0.3) is 5.91 Å². The van der Waals surface area contributed by atoms with Crippen LogP contribution in [0.3, 0.4) is 0 Å². The first-order chi connectivity index (χ1) is 13.5. The van der Waals surface area contributed by atoms with Crippen LogP contribution < -0.4 is 19.9 Å². The third kappa shape index (κ3) is 4.56. The maximum atomic E-state index is 13.7. The standard InChI is InChI=1S/C20H22F3N3O2/c1-2-28-17-6-4-3-5-16(17)26-11-9-25(10-12-26)13-18(27)24-15-8-7-14(21)19(22)20(15)23/h3-8H,2,9-13H2,1H3,(H,24,27)/p+1. The van der Waals surface area contributed by atoms with Crippen LogP contribution in [0.4, 0.5) is 24.5 Å². The molecule has 0 saturated carbocycles. The SMILES string of the molecule is CCOc1ccccc1N1CC[NH+](CC(=O)Nc2ccc(F)c(F)c2F)CC1. The quantitative estimate of drug-likeness (QED) is 0.736. The van der Waals surface area contributed by atoms with Gasteiger partial charge in [-0.25, -0.2) is 13.2 Å². The van der Waals surface area contributed by atoms with Crippen molar-refractivity contribution in [2.45, 2.75) is 6.92 Å². The monoisotopic (exact) mass is 394 g/mol. The number of piperazine rings is 1. The lowest BCUT2D eigenvalue weighted by Crippen LogP contribution is -3.15. The molecule has 0 radical (unpaired) electrons. The average molecular weight is 394 g/mol. The van der Waals surface area contributed by atoms with Gasteiger partial charge < -0.3 is 19.9 Å². The van der Waals surface area contributed by atoms with E-state index in [2.05, 4.69) is 10.2 Å². The van der Waals surface area contributed by atoms with E-state index in [0.717, 1.165) is 41.6 Å². The first kappa shape index (κ1) is 20.0. The molecule has 2 aromatic rings. The molecule has 0 bridgehead atoms. The predicted octanol–water partition coefficient (Wildman–Crippen LogP) is 1.85. The van der Waals surface area contributed by atoms with Gasteiger partial charge in [0.2, 0.25) is 0 Å². The number of carbonyl (C=O) groups is 1. The van der Waals surface area contributed by atoms with Gasteiger partial charge >= 0.3 is 0 Å². The van der Waals surface area contributed by atoms with Crippen molar-refractivity contribution in [2.24, 2.45) is 0 Å². The molecule has 1 aliphatic heterocycles. The number of amides is 1. The third-order valence-electron chi connectivity index (χ3n) is 4.70. The van der Waals surface area contributed by atoms with Crippen molar-refractivity contribution in [2.75, 3.05) is 49.5 Å².